The minimum Gasteiger partial charge on any atom is -0.455 e. The van der Waals surface area contributed by atoms with Crippen molar-refractivity contribution in [3.63, 3.8) is 0 Å². The lowest BCUT2D eigenvalue weighted by Crippen LogP contribution is -2.28. The summed E-state index contributed by atoms with van der Waals surface area (Å²) in [5.74, 6) is 0.846. The number of nitrogens with zero attached hydrogens (tertiary/aromatic N) is 1. The van der Waals surface area contributed by atoms with E-state index in [-0.39, 0.29) is 24.2 Å². The van der Waals surface area contributed by atoms with Crippen LogP contribution in [0.5, 0.6) is 11.5 Å². The molecule has 0 spiro atoms. The van der Waals surface area contributed by atoms with Gasteiger partial charge in [-0.05, 0) is 31.2 Å². The maximum Gasteiger partial charge on any atom is 0.229 e. The highest BCUT2D eigenvalue weighted by Gasteiger charge is 2.33. The van der Waals surface area contributed by atoms with Gasteiger partial charge in [-0.3, -0.25) is 9.59 Å². The maximum atomic E-state index is 12.5. The lowest BCUT2D eigenvalue weighted by molar-refractivity contribution is -0.128. The molecule has 24 heavy (non-hydrogen) atoms. The van der Waals surface area contributed by atoms with Crippen molar-refractivity contribution < 1.29 is 14.3 Å². The fourth-order valence-corrected chi connectivity index (χ4v) is 2.76. The third-order valence-electron chi connectivity index (χ3n) is 4.08. The van der Waals surface area contributed by atoms with Crippen molar-refractivity contribution in [1.29, 1.82) is 0 Å². The van der Waals surface area contributed by atoms with E-state index in [1.807, 2.05) is 49.4 Å². The molecule has 1 aliphatic rings. The van der Waals surface area contributed by atoms with Gasteiger partial charge in [0.15, 0.2) is 5.75 Å². The van der Waals surface area contributed by atoms with Crippen LogP contribution in [0.3, 0.4) is 0 Å². The van der Waals surface area contributed by atoms with Crippen LogP contribution < -0.4 is 10.1 Å². The number of carbonyl (C=O) groups excluding carboxylic acids is 2. The van der Waals surface area contributed by atoms with Crippen LogP contribution in [0.2, 0.25) is 0 Å². The van der Waals surface area contributed by atoms with Crippen LogP contribution in [0.1, 0.15) is 13.3 Å². The number of anilines is 1. The largest absolute Gasteiger partial charge is 0.455 e. The van der Waals surface area contributed by atoms with E-state index in [1.165, 1.54) is 0 Å². The molecule has 124 valence electrons. The number of amides is 2. The van der Waals surface area contributed by atoms with Crippen LogP contribution in [-0.4, -0.2) is 29.8 Å². The quantitative estimate of drug-likeness (QED) is 0.918. The van der Waals surface area contributed by atoms with Crippen LogP contribution >= 0.6 is 0 Å². The molecule has 1 N–H and O–H groups in total. The molecule has 1 fully saturated rings. The van der Waals surface area contributed by atoms with Gasteiger partial charge in [0, 0.05) is 19.5 Å². The molecule has 0 aromatic heterocycles. The normalized spacial score (nSPS) is 17.0. The van der Waals surface area contributed by atoms with Gasteiger partial charge in [0.05, 0.1) is 11.6 Å². The highest BCUT2D eigenvalue weighted by atomic mass is 16.5. The summed E-state index contributed by atoms with van der Waals surface area (Å²) in [7, 11) is 0. The molecular formula is C19H20N2O3. The summed E-state index contributed by atoms with van der Waals surface area (Å²) in [6, 6.07) is 16.7. The van der Waals surface area contributed by atoms with Gasteiger partial charge in [-0.1, -0.05) is 30.3 Å². The molecule has 1 aliphatic heterocycles. The lowest BCUT2D eigenvalue weighted by Gasteiger charge is -2.15. The second kappa shape index (κ2) is 7.17. The van der Waals surface area contributed by atoms with E-state index in [9.17, 15) is 9.59 Å². The SMILES string of the molecule is CCN1C[C@H](C(=O)Nc2ccccc2Oc2ccccc2)CC1=O. The van der Waals surface area contributed by atoms with Crippen LogP contribution in [0.25, 0.3) is 0 Å². The molecule has 0 radical (unpaired) electrons. The first-order valence-electron chi connectivity index (χ1n) is 8.08. The Morgan fingerprint density at radius 1 is 1.17 bits per heavy atom. The van der Waals surface area contributed by atoms with Gasteiger partial charge in [0.1, 0.15) is 5.75 Å². The van der Waals surface area contributed by atoms with Gasteiger partial charge in [0.25, 0.3) is 0 Å². The van der Waals surface area contributed by atoms with Crippen LogP contribution in [0.15, 0.2) is 54.6 Å². The maximum absolute atomic E-state index is 12.5. The first kappa shape index (κ1) is 16.1. The Labute approximate surface area is 141 Å². The van der Waals surface area contributed by atoms with Crippen molar-refractivity contribution in [2.75, 3.05) is 18.4 Å². The molecule has 1 saturated heterocycles. The minimum absolute atomic E-state index is 0.0338. The fraction of sp³-hybridized carbons (Fsp3) is 0.263. The summed E-state index contributed by atoms with van der Waals surface area (Å²) in [4.78, 5) is 26.0. The van der Waals surface area contributed by atoms with Gasteiger partial charge in [-0.2, -0.15) is 0 Å². The van der Waals surface area contributed by atoms with E-state index in [0.29, 0.717) is 30.3 Å². The van der Waals surface area contributed by atoms with E-state index < -0.39 is 0 Å². The number of ether oxygens (including phenoxy) is 1. The van der Waals surface area contributed by atoms with Crippen molar-refractivity contribution in [2.24, 2.45) is 5.92 Å². The molecule has 1 atom stereocenters. The number of rotatable bonds is 5. The summed E-state index contributed by atoms with van der Waals surface area (Å²) in [6.45, 7) is 3.03. The molecule has 5 heteroatoms. The number of hydrogen-bond acceptors (Lipinski definition) is 3. The number of para-hydroxylation sites is 3. The fourth-order valence-electron chi connectivity index (χ4n) is 2.76. The summed E-state index contributed by atoms with van der Waals surface area (Å²) in [5.41, 5.74) is 0.605. The number of carbonyl (C=O) groups is 2. The summed E-state index contributed by atoms with van der Waals surface area (Å²) < 4.78 is 5.84. The van der Waals surface area contributed by atoms with Crippen LogP contribution in [-0.2, 0) is 9.59 Å². The number of likely N-dealkylation sites (tertiary alicyclic amines) is 1. The summed E-state index contributed by atoms with van der Waals surface area (Å²) in [5, 5.41) is 2.90. The van der Waals surface area contributed by atoms with Crippen molar-refractivity contribution >= 4 is 17.5 Å². The monoisotopic (exact) mass is 324 g/mol. The molecule has 5 nitrogen and oxygen atoms in total. The first-order chi connectivity index (χ1) is 11.7. The van der Waals surface area contributed by atoms with E-state index in [1.54, 1.807) is 17.0 Å². The van der Waals surface area contributed by atoms with Crippen molar-refractivity contribution in [3.05, 3.63) is 54.6 Å². The van der Waals surface area contributed by atoms with Crippen molar-refractivity contribution in [3.8, 4) is 11.5 Å². The smallest absolute Gasteiger partial charge is 0.229 e. The highest BCUT2D eigenvalue weighted by molar-refractivity contribution is 5.98. The Morgan fingerprint density at radius 3 is 2.58 bits per heavy atom. The molecular weight excluding hydrogens is 304 g/mol. The predicted molar refractivity (Wildman–Crippen MR) is 91.9 cm³/mol. The molecule has 2 aromatic rings. The number of benzene rings is 2. The zero-order valence-electron chi connectivity index (χ0n) is 13.6. The Morgan fingerprint density at radius 2 is 1.88 bits per heavy atom. The van der Waals surface area contributed by atoms with Gasteiger partial charge in [-0.25, -0.2) is 0 Å². The average molecular weight is 324 g/mol. The van der Waals surface area contributed by atoms with Crippen LogP contribution in [0, 0.1) is 5.92 Å². The topological polar surface area (TPSA) is 58.6 Å². The molecule has 3 rings (SSSR count). The Bertz CT molecular complexity index is 730. The Hall–Kier alpha value is -2.82. The van der Waals surface area contributed by atoms with Gasteiger partial charge >= 0.3 is 0 Å². The van der Waals surface area contributed by atoms with Gasteiger partial charge in [-0.15, -0.1) is 0 Å². The number of hydrogen-bond donors (Lipinski definition) is 1. The molecule has 0 aliphatic carbocycles. The third-order valence-corrected chi connectivity index (χ3v) is 4.08. The molecule has 2 amide bonds. The van der Waals surface area contributed by atoms with E-state index >= 15 is 0 Å². The molecule has 0 unspecified atom stereocenters. The third kappa shape index (κ3) is 3.56. The van der Waals surface area contributed by atoms with Crippen molar-refractivity contribution in [1.82, 2.24) is 4.90 Å². The Kier molecular flexibility index (Phi) is 4.79. The summed E-state index contributed by atoms with van der Waals surface area (Å²) in [6.07, 6.45) is 0.265. The van der Waals surface area contributed by atoms with E-state index in [0.717, 1.165) is 0 Å². The highest BCUT2D eigenvalue weighted by Crippen LogP contribution is 2.30. The molecule has 2 aromatic carbocycles. The molecule has 1 heterocycles. The van der Waals surface area contributed by atoms with E-state index in [2.05, 4.69) is 5.32 Å². The molecule has 0 bridgehead atoms. The Balaban J connectivity index is 1.71. The van der Waals surface area contributed by atoms with Crippen LogP contribution in [0.4, 0.5) is 5.69 Å². The lowest BCUT2D eigenvalue weighted by atomic mass is 10.1. The van der Waals surface area contributed by atoms with Gasteiger partial charge < -0.3 is 15.0 Å². The number of nitrogens with one attached hydrogen (secondary N) is 1. The van der Waals surface area contributed by atoms with Gasteiger partial charge in [0.2, 0.25) is 11.8 Å². The molecule has 0 saturated carbocycles. The summed E-state index contributed by atoms with van der Waals surface area (Å²) >= 11 is 0. The van der Waals surface area contributed by atoms with Crippen molar-refractivity contribution in [2.45, 2.75) is 13.3 Å². The minimum atomic E-state index is -0.317. The standard InChI is InChI=1S/C19H20N2O3/c1-2-21-13-14(12-18(21)22)19(23)20-16-10-6-7-11-17(16)24-15-8-4-3-5-9-15/h3-11,14H,2,12-13H2,1H3,(H,20,23)/t14-/m1/s1. The second-order valence-corrected chi connectivity index (χ2v) is 5.73. The first-order valence-corrected chi connectivity index (χ1v) is 8.08. The zero-order chi connectivity index (χ0) is 16.9. The predicted octanol–water partition coefficient (Wildman–Crippen LogP) is 3.29. The zero-order valence-corrected chi connectivity index (χ0v) is 13.6. The second-order valence-electron chi connectivity index (χ2n) is 5.73. The van der Waals surface area contributed by atoms with E-state index in [4.69, 9.17) is 4.74 Å². The average Bonchev–Trinajstić information content (AvgIpc) is 2.98.